The van der Waals surface area contributed by atoms with E-state index in [4.69, 9.17) is 10.5 Å². The molecule has 1 aliphatic rings. The quantitative estimate of drug-likeness (QED) is 0.843. The largest absolute Gasteiger partial charge is 0.491 e. The van der Waals surface area contributed by atoms with Gasteiger partial charge in [0, 0.05) is 19.1 Å². The van der Waals surface area contributed by atoms with Crippen LogP contribution in [0.2, 0.25) is 0 Å². The van der Waals surface area contributed by atoms with Gasteiger partial charge >= 0.3 is 0 Å². The van der Waals surface area contributed by atoms with E-state index in [9.17, 15) is 4.79 Å². The molecule has 2 heterocycles. The third kappa shape index (κ3) is 4.78. The fourth-order valence-corrected chi connectivity index (χ4v) is 3.18. The highest BCUT2D eigenvalue weighted by Gasteiger charge is 2.27. The zero-order valence-electron chi connectivity index (χ0n) is 16.1. The molecule has 0 unspecified atom stereocenters. The Morgan fingerprint density at radius 2 is 1.89 bits per heavy atom. The first-order chi connectivity index (χ1) is 12.5. The molecule has 1 amide bonds. The average Bonchev–Trinajstić information content (AvgIpc) is 3.06. The molecule has 7 nitrogen and oxygen atoms in total. The molecule has 27 heavy (non-hydrogen) atoms. The van der Waals surface area contributed by atoms with Gasteiger partial charge in [0.15, 0.2) is 5.69 Å². The molecule has 1 aromatic heterocycles. The standard InChI is InChI=1S/C19H27N5O2.ClH/c1-4-17-18(19(25)23-11-9-14(20)10-12-23)21-22-24(17)15-5-7-16(8-6-15)26-13(2)3;/h5-8,13-14H,4,9-12,20H2,1-3H3;1H. The summed E-state index contributed by atoms with van der Waals surface area (Å²) in [5.41, 5.74) is 8.06. The molecule has 0 aliphatic carbocycles. The van der Waals surface area contributed by atoms with E-state index in [2.05, 4.69) is 10.3 Å². The van der Waals surface area contributed by atoms with Crippen LogP contribution >= 0.6 is 12.4 Å². The summed E-state index contributed by atoms with van der Waals surface area (Å²) in [6, 6.07) is 7.86. The van der Waals surface area contributed by atoms with Crippen LogP contribution < -0.4 is 10.5 Å². The highest BCUT2D eigenvalue weighted by Crippen LogP contribution is 2.20. The van der Waals surface area contributed by atoms with Crippen molar-refractivity contribution in [1.82, 2.24) is 19.9 Å². The maximum atomic E-state index is 12.9. The molecule has 2 aromatic rings. The SMILES string of the molecule is CCc1c(C(=O)N2CCC(N)CC2)nnn1-c1ccc(OC(C)C)cc1.Cl. The molecule has 0 saturated carbocycles. The molecule has 1 aliphatic heterocycles. The summed E-state index contributed by atoms with van der Waals surface area (Å²) in [4.78, 5) is 14.7. The van der Waals surface area contributed by atoms with Gasteiger partial charge in [-0.05, 0) is 57.4 Å². The Hall–Kier alpha value is -2.12. The third-order valence-electron chi connectivity index (χ3n) is 4.58. The van der Waals surface area contributed by atoms with E-state index in [0.29, 0.717) is 25.2 Å². The molecule has 0 bridgehead atoms. The number of piperidine rings is 1. The van der Waals surface area contributed by atoms with Crippen molar-refractivity contribution in [3.8, 4) is 11.4 Å². The number of carbonyl (C=O) groups excluding carboxylic acids is 1. The number of halogens is 1. The van der Waals surface area contributed by atoms with Crippen LogP contribution in [0.4, 0.5) is 0 Å². The molecule has 1 fully saturated rings. The second-order valence-electron chi connectivity index (χ2n) is 6.94. The van der Waals surface area contributed by atoms with Crippen molar-refractivity contribution in [2.75, 3.05) is 13.1 Å². The highest BCUT2D eigenvalue weighted by atomic mass is 35.5. The van der Waals surface area contributed by atoms with Crippen molar-refractivity contribution in [2.24, 2.45) is 5.73 Å². The molecule has 8 heteroatoms. The number of carbonyl (C=O) groups is 1. The minimum absolute atomic E-state index is 0. The summed E-state index contributed by atoms with van der Waals surface area (Å²) < 4.78 is 7.41. The van der Waals surface area contributed by atoms with E-state index < -0.39 is 0 Å². The molecular weight excluding hydrogens is 366 g/mol. The zero-order chi connectivity index (χ0) is 18.7. The van der Waals surface area contributed by atoms with Crippen molar-refractivity contribution in [2.45, 2.75) is 52.2 Å². The maximum absolute atomic E-state index is 12.9. The van der Waals surface area contributed by atoms with Crippen LogP contribution in [0.15, 0.2) is 24.3 Å². The number of amides is 1. The first-order valence-corrected chi connectivity index (χ1v) is 9.26. The number of benzene rings is 1. The van der Waals surface area contributed by atoms with Crippen LogP contribution in [0.25, 0.3) is 5.69 Å². The fourth-order valence-electron chi connectivity index (χ4n) is 3.18. The summed E-state index contributed by atoms with van der Waals surface area (Å²) in [5.74, 6) is 0.752. The van der Waals surface area contributed by atoms with Crippen LogP contribution in [0.1, 0.15) is 49.8 Å². The number of nitrogens with zero attached hydrogens (tertiary/aromatic N) is 4. The first-order valence-electron chi connectivity index (χ1n) is 9.26. The Morgan fingerprint density at radius 1 is 1.26 bits per heavy atom. The van der Waals surface area contributed by atoms with Gasteiger partial charge in [-0.2, -0.15) is 0 Å². The second-order valence-corrected chi connectivity index (χ2v) is 6.94. The topological polar surface area (TPSA) is 86.3 Å². The Bertz CT molecular complexity index is 752. The van der Waals surface area contributed by atoms with Crippen LogP contribution in [-0.2, 0) is 6.42 Å². The number of aromatic nitrogens is 3. The van der Waals surface area contributed by atoms with Crippen molar-refractivity contribution in [1.29, 1.82) is 0 Å². The lowest BCUT2D eigenvalue weighted by atomic mass is 10.1. The number of ether oxygens (including phenoxy) is 1. The third-order valence-corrected chi connectivity index (χ3v) is 4.58. The Labute approximate surface area is 166 Å². The minimum Gasteiger partial charge on any atom is -0.491 e. The number of hydrogen-bond acceptors (Lipinski definition) is 5. The van der Waals surface area contributed by atoms with E-state index in [1.165, 1.54) is 0 Å². The number of hydrogen-bond donors (Lipinski definition) is 1. The number of rotatable bonds is 5. The fraction of sp³-hybridized carbons (Fsp3) is 0.526. The van der Waals surface area contributed by atoms with Gasteiger partial charge in [0.2, 0.25) is 0 Å². The molecule has 2 N–H and O–H groups in total. The van der Waals surface area contributed by atoms with Crippen molar-refractivity contribution >= 4 is 18.3 Å². The lowest BCUT2D eigenvalue weighted by Crippen LogP contribution is -2.43. The Kier molecular flexibility index (Phi) is 7.21. The normalized spacial score (nSPS) is 14.9. The second kappa shape index (κ2) is 9.19. The smallest absolute Gasteiger partial charge is 0.276 e. The maximum Gasteiger partial charge on any atom is 0.276 e. The van der Waals surface area contributed by atoms with Gasteiger partial charge in [-0.3, -0.25) is 4.79 Å². The molecule has 148 valence electrons. The minimum atomic E-state index is -0.0558. The average molecular weight is 394 g/mol. The molecular formula is C19H28ClN5O2. The highest BCUT2D eigenvalue weighted by molar-refractivity contribution is 5.93. The Balaban J connectivity index is 0.00000261. The van der Waals surface area contributed by atoms with Gasteiger partial charge in [-0.25, -0.2) is 4.68 Å². The van der Waals surface area contributed by atoms with E-state index in [-0.39, 0.29) is 30.5 Å². The molecule has 0 radical (unpaired) electrons. The van der Waals surface area contributed by atoms with Gasteiger partial charge in [0.05, 0.1) is 17.5 Å². The van der Waals surface area contributed by atoms with Gasteiger partial charge in [-0.15, -0.1) is 17.5 Å². The van der Waals surface area contributed by atoms with Crippen LogP contribution in [0.3, 0.4) is 0 Å². The zero-order valence-corrected chi connectivity index (χ0v) is 16.9. The molecule has 0 spiro atoms. The predicted octanol–water partition coefficient (Wildman–Crippen LogP) is 2.60. The van der Waals surface area contributed by atoms with E-state index >= 15 is 0 Å². The molecule has 0 atom stereocenters. The van der Waals surface area contributed by atoms with Gasteiger partial charge < -0.3 is 15.4 Å². The van der Waals surface area contributed by atoms with Crippen molar-refractivity contribution in [3.05, 3.63) is 35.7 Å². The summed E-state index contributed by atoms with van der Waals surface area (Å²) >= 11 is 0. The summed E-state index contributed by atoms with van der Waals surface area (Å²) in [5, 5.41) is 8.42. The summed E-state index contributed by atoms with van der Waals surface area (Å²) in [7, 11) is 0. The summed E-state index contributed by atoms with van der Waals surface area (Å²) in [6.07, 6.45) is 2.46. The monoisotopic (exact) mass is 393 g/mol. The van der Waals surface area contributed by atoms with E-state index in [1.807, 2.05) is 49.9 Å². The number of nitrogens with two attached hydrogens (primary N) is 1. The molecule has 1 saturated heterocycles. The molecule has 3 rings (SSSR count). The van der Waals surface area contributed by atoms with Crippen LogP contribution in [-0.4, -0.2) is 51.0 Å². The Morgan fingerprint density at radius 3 is 2.44 bits per heavy atom. The van der Waals surface area contributed by atoms with Gasteiger partial charge in [-0.1, -0.05) is 12.1 Å². The van der Waals surface area contributed by atoms with Gasteiger partial charge in [0.25, 0.3) is 5.91 Å². The van der Waals surface area contributed by atoms with Gasteiger partial charge in [0.1, 0.15) is 5.75 Å². The van der Waals surface area contributed by atoms with Crippen molar-refractivity contribution in [3.63, 3.8) is 0 Å². The van der Waals surface area contributed by atoms with Crippen LogP contribution in [0, 0.1) is 0 Å². The lowest BCUT2D eigenvalue weighted by Gasteiger charge is -2.29. The first kappa shape index (κ1) is 21.2. The van der Waals surface area contributed by atoms with Crippen LogP contribution in [0.5, 0.6) is 5.75 Å². The lowest BCUT2D eigenvalue weighted by molar-refractivity contribution is 0.0707. The molecule has 1 aromatic carbocycles. The van der Waals surface area contributed by atoms with E-state index in [1.54, 1.807) is 4.68 Å². The summed E-state index contributed by atoms with van der Waals surface area (Å²) in [6.45, 7) is 7.35. The van der Waals surface area contributed by atoms with E-state index in [0.717, 1.165) is 30.0 Å². The van der Waals surface area contributed by atoms with Crippen molar-refractivity contribution < 1.29 is 9.53 Å². The number of likely N-dealkylation sites (tertiary alicyclic amines) is 1. The predicted molar refractivity (Wildman–Crippen MR) is 107 cm³/mol.